The van der Waals surface area contributed by atoms with Crippen LogP contribution in [0.3, 0.4) is 0 Å². The maximum Gasteiger partial charge on any atom is 0.197 e. The van der Waals surface area contributed by atoms with Gasteiger partial charge in [-0.1, -0.05) is 0 Å². The molecule has 0 spiro atoms. The fourth-order valence-electron chi connectivity index (χ4n) is 0.954. The fourth-order valence-corrected chi connectivity index (χ4v) is 1.09. The van der Waals surface area contributed by atoms with Crippen molar-refractivity contribution in [2.24, 2.45) is 0 Å². The van der Waals surface area contributed by atoms with Gasteiger partial charge in [-0.3, -0.25) is 0 Å². The minimum atomic E-state index is 0.413. The highest BCUT2D eigenvalue weighted by Gasteiger charge is 2.02. The van der Waals surface area contributed by atoms with Crippen molar-refractivity contribution in [3.63, 3.8) is 0 Å². The molecule has 0 aliphatic rings. The summed E-state index contributed by atoms with van der Waals surface area (Å²) in [7, 11) is 0. The summed E-state index contributed by atoms with van der Waals surface area (Å²) in [6, 6.07) is 1.75. The first-order chi connectivity index (χ1) is 6.90. The van der Waals surface area contributed by atoms with Gasteiger partial charge in [-0.05, 0) is 6.07 Å². The third kappa shape index (κ3) is 1.85. The Labute approximate surface area is 86.0 Å². The Morgan fingerprint density at radius 3 is 2.07 bits per heavy atom. The maximum atomic E-state index is 5.61. The van der Waals surface area contributed by atoms with Crippen LogP contribution in [-0.2, 0) is 5.88 Å². The number of alkyl halides is 1. The molecule has 0 aromatic carbocycles. The summed E-state index contributed by atoms with van der Waals surface area (Å²) < 4.78 is 0. The average Bonchev–Trinajstić information content (AvgIpc) is 2.30. The number of halogens is 1. The molecular weight excluding hydrogens is 200 g/mol. The number of hydrogen-bond acceptors (Lipinski definition) is 4. The maximum absolute atomic E-state index is 5.61. The van der Waals surface area contributed by atoms with Gasteiger partial charge >= 0.3 is 0 Å². The molecule has 0 aliphatic heterocycles. The molecule has 2 heterocycles. The largest absolute Gasteiger partial charge is 0.234 e. The number of rotatable bonds is 2. The molecule has 0 saturated heterocycles. The van der Waals surface area contributed by atoms with Crippen molar-refractivity contribution >= 4 is 11.6 Å². The van der Waals surface area contributed by atoms with Crippen molar-refractivity contribution in [1.82, 2.24) is 19.9 Å². The zero-order valence-corrected chi connectivity index (χ0v) is 8.02. The van der Waals surface area contributed by atoms with Gasteiger partial charge < -0.3 is 0 Å². The molecule has 4 nitrogen and oxygen atoms in total. The normalized spacial score (nSPS) is 10.1. The molecule has 0 N–H and O–H groups in total. The lowest BCUT2D eigenvalue weighted by Gasteiger charge is -1.97. The lowest BCUT2D eigenvalue weighted by molar-refractivity contribution is 1.06. The highest BCUT2D eigenvalue weighted by molar-refractivity contribution is 6.17. The highest BCUT2D eigenvalue weighted by atomic mass is 35.5. The summed E-state index contributed by atoms with van der Waals surface area (Å²) in [5, 5.41) is 0. The van der Waals surface area contributed by atoms with E-state index >= 15 is 0 Å². The summed E-state index contributed by atoms with van der Waals surface area (Å²) in [5.41, 5.74) is 0.881. The summed E-state index contributed by atoms with van der Waals surface area (Å²) in [4.78, 5) is 16.3. The third-order valence-corrected chi connectivity index (χ3v) is 1.93. The molecule has 14 heavy (non-hydrogen) atoms. The Morgan fingerprint density at radius 2 is 1.50 bits per heavy atom. The van der Waals surface area contributed by atoms with Crippen LogP contribution in [-0.4, -0.2) is 19.9 Å². The van der Waals surface area contributed by atoms with Gasteiger partial charge in [0, 0.05) is 30.4 Å². The van der Waals surface area contributed by atoms with Crippen molar-refractivity contribution in [2.75, 3.05) is 0 Å². The van der Waals surface area contributed by atoms with Crippen LogP contribution >= 0.6 is 11.6 Å². The van der Waals surface area contributed by atoms with Crippen molar-refractivity contribution in [2.45, 2.75) is 5.88 Å². The molecular formula is C9H7ClN4. The highest BCUT2D eigenvalue weighted by Crippen LogP contribution is 2.07. The molecule has 0 saturated carbocycles. The van der Waals surface area contributed by atoms with E-state index in [2.05, 4.69) is 19.9 Å². The van der Waals surface area contributed by atoms with Crippen LogP contribution in [0, 0.1) is 0 Å². The minimum absolute atomic E-state index is 0.413. The first kappa shape index (κ1) is 9.02. The quantitative estimate of drug-likeness (QED) is 0.702. The van der Waals surface area contributed by atoms with Crippen LogP contribution in [0.5, 0.6) is 0 Å². The van der Waals surface area contributed by atoms with E-state index in [-0.39, 0.29) is 0 Å². The second-order valence-electron chi connectivity index (χ2n) is 2.62. The molecule has 0 amide bonds. The standard InChI is InChI=1S/C9H7ClN4/c10-4-7-5-13-9(14-6-7)8-11-2-1-3-12-8/h1-3,5-6H,4H2. The fraction of sp³-hybridized carbons (Fsp3) is 0.111. The van der Waals surface area contributed by atoms with Crippen LogP contribution < -0.4 is 0 Å². The summed E-state index contributed by atoms with van der Waals surface area (Å²) in [6.07, 6.45) is 6.65. The van der Waals surface area contributed by atoms with E-state index in [1.165, 1.54) is 0 Å². The van der Waals surface area contributed by atoms with Crippen LogP contribution in [0.2, 0.25) is 0 Å². The van der Waals surface area contributed by atoms with Gasteiger partial charge in [0.05, 0.1) is 5.88 Å². The SMILES string of the molecule is ClCc1cnc(-c2ncccn2)nc1. The van der Waals surface area contributed by atoms with Crippen molar-refractivity contribution in [1.29, 1.82) is 0 Å². The molecule has 0 atom stereocenters. The molecule has 2 rings (SSSR count). The zero-order valence-electron chi connectivity index (χ0n) is 7.26. The van der Waals surface area contributed by atoms with E-state index in [1.54, 1.807) is 30.9 Å². The van der Waals surface area contributed by atoms with Gasteiger partial charge in [-0.2, -0.15) is 0 Å². The van der Waals surface area contributed by atoms with Crippen molar-refractivity contribution in [3.8, 4) is 11.6 Å². The van der Waals surface area contributed by atoms with Gasteiger partial charge in [0.15, 0.2) is 11.6 Å². The third-order valence-electron chi connectivity index (χ3n) is 1.63. The first-order valence-corrected chi connectivity index (χ1v) is 4.58. The topological polar surface area (TPSA) is 51.6 Å². The zero-order chi connectivity index (χ0) is 9.80. The van der Waals surface area contributed by atoms with Crippen LogP contribution in [0.25, 0.3) is 11.6 Å². The van der Waals surface area contributed by atoms with E-state index < -0.39 is 0 Å². The Morgan fingerprint density at radius 1 is 0.929 bits per heavy atom. The van der Waals surface area contributed by atoms with Gasteiger partial charge in [0.25, 0.3) is 0 Å². The van der Waals surface area contributed by atoms with Crippen LogP contribution in [0.1, 0.15) is 5.56 Å². The summed E-state index contributed by atoms with van der Waals surface area (Å²) >= 11 is 5.61. The van der Waals surface area contributed by atoms with Gasteiger partial charge in [0.1, 0.15) is 0 Å². The monoisotopic (exact) mass is 206 g/mol. The Bertz CT molecular complexity index is 401. The summed E-state index contributed by atoms with van der Waals surface area (Å²) in [5.74, 6) is 1.45. The van der Waals surface area contributed by atoms with Crippen LogP contribution in [0.4, 0.5) is 0 Å². The van der Waals surface area contributed by atoms with Crippen LogP contribution in [0.15, 0.2) is 30.9 Å². The molecule has 2 aromatic heterocycles. The molecule has 0 unspecified atom stereocenters. The summed E-state index contributed by atoms with van der Waals surface area (Å²) in [6.45, 7) is 0. The number of aromatic nitrogens is 4. The first-order valence-electron chi connectivity index (χ1n) is 4.04. The second-order valence-corrected chi connectivity index (χ2v) is 2.89. The van der Waals surface area contributed by atoms with Gasteiger partial charge in [-0.15, -0.1) is 11.6 Å². The molecule has 70 valence electrons. The lowest BCUT2D eigenvalue weighted by atomic mass is 10.4. The Hall–Kier alpha value is -1.55. The Kier molecular flexibility index (Phi) is 2.65. The van der Waals surface area contributed by atoms with Gasteiger partial charge in [-0.25, -0.2) is 19.9 Å². The molecule has 0 radical (unpaired) electrons. The average molecular weight is 207 g/mol. The molecule has 0 aliphatic carbocycles. The lowest BCUT2D eigenvalue weighted by Crippen LogP contribution is -1.94. The van der Waals surface area contributed by atoms with E-state index in [9.17, 15) is 0 Å². The van der Waals surface area contributed by atoms with Gasteiger partial charge in [0.2, 0.25) is 0 Å². The smallest absolute Gasteiger partial charge is 0.197 e. The molecule has 2 aromatic rings. The molecule has 5 heteroatoms. The number of hydrogen-bond donors (Lipinski definition) is 0. The van der Waals surface area contributed by atoms with E-state index in [0.717, 1.165) is 5.56 Å². The molecule has 0 bridgehead atoms. The van der Waals surface area contributed by atoms with Crippen molar-refractivity contribution < 1.29 is 0 Å². The second kappa shape index (κ2) is 4.11. The predicted molar refractivity (Wildman–Crippen MR) is 52.6 cm³/mol. The Balaban J connectivity index is 2.34. The van der Waals surface area contributed by atoms with E-state index in [1.807, 2.05) is 0 Å². The molecule has 0 fully saturated rings. The predicted octanol–water partition coefficient (Wildman–Crippen LogP) is 1.67. The van der Waals surface area contributed by atoms with Crippen molar-refractivity contribution in [3.05, 3.63) is 36.4 Å². The number of nitrogens with zero attached hydrogens (tertiary/aromatic N) is 4. The van der Waals surface area contributed by atoms with E-state index in [0.29, 0.717) is 17.5 Å². The minimum Gasteiger partial charge on any atom is -0.234 e. The van der Waals surface area contributed by atoms with E-state index in [4.69, 9.17) is 11.6 Å².